The maximum atomic E-state index is 12.0. The highest BCUT2D eigenvalue weighted by molar-refractivity contribution is 7.12. The van der Waals surface area contributed by atoms with Crippen molar-refractivity contribution in [2.75, 3.05) is 0 Å². The highest BCUT2D eigenvalue weighted by atomic mass is 32.1. The van der Waals surface area contributed by atoms with Crippen LogP contribution in [0.25, 0.3) is 0 Å². The first-order valence-corrected chi connectivity index (χ1v) is 6.95. The summed E-state index contributed by atoms with van der Waals surface area (Å²) in [5, 5.41) is 14.5. The van der Waals surface area contributed by atoms with Crippen molar-refractivity contribution in [2.45, 2.75) is 18.9 Å². The number of hydrogen-bond donors (Lipinski definition) is 1. The van der Waals surface area contributed by atoms with E-state index >= 15 is 0 Å². The Balaban J connectivity index is 2.21. The van der Waals surface area contributed by atoms with Gasteiger partial charge in [0.05, 0.1) is 0 Å². The lowest BCUT2D eigenvalue weighted by atomic mass is 9.99. The molecule has 0 bridgehead atoms. The molecule has 2 heterocycles. The Morgan fingerprint density at radius 3 is 2.59 bits per heavy atom. The molecular weight excluding hydrogens is 256 g/mol. The van der Waals surface area contributed by atoms with E-state index in [0.717, 1.165) is 0 Å². The molecule has 3 nitrogen and oxygen atoms in total. The quantitative estimate of drug-likeness (QED) is 0.867. The molecule has 90 valence electrons. The van der Waals surface area contributed by atoms with E-state index in [9.17, 15) is 9.90 Å². The van der Waals surface area contributed by atoms with Gasteiger partial charge in [0, 0.05) is 4.88 Å². The van der Waals surface area contributed by atoms with Gasteiger partial charge in [0.2, 0.25) is 0 Å². The molecule has 1 unspecified atom stereocenters. The summed E-state index contributed by atoms with van der Waals surface area (Å²) in [5.74, 6) is -0.620. The Morgan fingerprint density at radius 1 is 1.35 bits per heavy atom. The predicted octanol–water partition coefficient (Wildman–Crippen LogP) is 3.01. The van der Waals surface area contributed by atoms with E-state index in [-0.39, 0.29) is 6.42 Å². The van der Waals surface area contributed by atoms with E-state index in [1.165, 1.54) is 22.7 Å². The number of carbonyl (C=O) groups excluding carboxylic acids is 1. The molecule has 17 heavy (non-hydrogen) atoms. The molecule has 5 heteroatoms. The standard InChI is InChI=1S/C12H12O3S2/c1-2-12(14,9-5-3-7-16-9)11(13)15-10-6-4-8-17-10/h3-8,14H,2H2,1H3. The summed E-state index contributed by atoms with van der Waals surface area (Å²) in [6, 6.07) is 7.04. The smallest absolute Gasteiger partial charge is 0.349 e. The first-order valence-electron chi connectivity index (χ1n) is 5.19. The summed E-state index contributed by atoms with van der Waals surface area (Å²) in [7, 11) is 0. The Labute approximate surface area is 107 Å². The summed E-state index contributed by atoms with van der Waals surface area (Å²) in [6.45, 7) is 1.76. The zero-order valence-corrected chi connectivity index (χ0v) is 10.9. The van der Waals surface area contributed by atoms with Crippen molar-refractivity contribution >= 4 is 28.6 Å². The Morgan fingerprint density at radius 2 is 2.06 bits per heavy atom. The zero-order valence-electron chi connectivity index (χ0n) is 9.25. The molecule has 0 aliphatic heterocycles. The van der Waals surface area contributed by atoms with E-state index in [1.807, 2.05) is 10.8 Å². The van der Waals surface area contributed by atoms with Crippen molar-refractivity contribution in [3.63, 3.8) is 0 Å². The van der Waals surface area contributed by atoms with Gasteiger partial charge in [-0.15, -0.1) is 22.7 Å². The minimum atomic E-state index is -1.54. The lowest BCUT2D eigenvalue weighted by molar-refractivity contribution is -0.156. The molecule has 0 fully saturated rings. The van der Waals surface area contributed by atoms with Crippen LogP contribution >= 0.6 is 22.7 Å². The molecule has 2 rings (SSSR count). The second kappa shape index (κ2) is 5.00. The summed E-state index contributed by atoms with van der Waals surface area (Å²) >= 11 is 2.67. The molecular formula is C12H12O3S2. The van der Waals surface area contributed by atoms with Gasteiger partial charge in [0.1, 0.15) is 0 Å². The van der Waals surface area contributed by atoms with Gasteiger partial charge in [-0.2, -0.15) is 0 Å². The third-order valence-corrected chi connectivity index (χ3v) is 4.23. The Bertz CT molecular complexity index is 476. The van der Waals surface area contributed by atoms with Crippen LogP contribution in [0.1, 0.15) is 18.2 Å². The molecule has 2 aromatic rings. The average molecular weight is 268 g/mol. The summed E-state index contributed by atoms with van der Waals surface area (Å²) in [6.07, 6.45) is 0.289. The van der Waals surface area contributed by atoms with Crippen molar-refractivity contribution in [2.24, 2.45) is 0 Å². The number of thiophene rings is 2. The van der Waals surface area contributed by atoms with Crippen LogP contribution < -0.4 is 4.74 Å². The fraction of sp³-hybridized carbons (Fsp3) is 0.250. The maximum absolute atomic E-state index is 12.0. The van der Waals surface area contributed by atoms with Gasteiger partial charge in [-0.05, 0) is 35.4 Å². The number of carbonyl (C=O) groups is 1. The van der Waals surface area contributed by atoms with Gasteiger partial charge in [-0.25, -0.2) is 4.79 Å². The van der Waals surface area contributed by atoms with Gasteiger partial charge in [-0.1, -0.05) is 13.0 Å². The van der Waals surface area contributed by atoms with Crippen LogP contribution in [-0.2, 0) is 10.4 Å². The van der Waals surface area contributed by atoms with Crippen molar-refractivity contribution < 1.29 is 14.6 Å². The molecule has 0 spiro atoms. The van der Waals surface area contributed by atoms with Crippen molar-refractivity contribution in [3.8, 4) is 5.06 Å². The predicted molar refractivity (Wildman–Crippen MR) is 68.5 cm³/mol. The molecule has 0 saturated heterocycles. The number of aliphatic hydroxyl groups is 1. The normalized spacial score (nSPS) is 14.2. The topological polar surface area (TPSA) is 46.5 Å². The molecule has 0 aromatic carbocycles. The van der Waals surface area contributed by atoms with Crippen molar-refractivity contribution in [1.82, 2.24) is 0 Å². The van der Waals surface area contributed by atoms with Crippen molar-refractivity contribution in [1.29, 1.82) is 0 Å². The number of ether oxygens (including phenoxy) is 1. The zero-order chi connectivity index (χ0) is 12.3. The molecule has 1 N–H and O–H groups in total. The number of rotatable bonds is 4. The second-order valence-corrected chi connectivity index (χ2v) is 5.37. The van der Waals surface area contributed by atoms with Gasteiger partial charge in [0.15, 0.2) is 10.7 Å². The van der Waals surface area contributed by atoms with Crippen molar-refractivity contribution in [3.05, 3.63) is 39.9 Å². The third-order valence-electron chi connectivity index (χ3n) is 2.47. The fourth-order valence-corrected chi connectivity index (χ4v) is 2.89. The van der Waals surface area contributed by atoms with Crippen LogP contribution in [0.15, 0.2) is 35.0 Å². The van der Waals surface area contributed by atoms with Crippen LogP contribution in [0, 0.1) is 0 Å². The van der Waals surface area contributed by atoms with E-state index < -0.39 is 11.6 Å². The largest absolute Gasteiger partial charge is 0.413 e. The molecule has 0 radical (unpaired) electrons. The molecule has 0 aliphatic carbocycles. The molecule has 0 amide bonds. The van der Waals surface area contributed by atoms with Gasteiger partial charge in [-0.3, -0.25) is 0 Å². The molecule has 2 aromatic heterocycles. The highest BCUT2D eigenvalue weighted by Crippen LogP contribution is 2.31. The number of hydrogen-bond acceptors (Lipinski definition) is 5. The molecule has 1 atom stereocenters. The maximum Gasteiger partial charge on any atom is 0.349 e. The Kier molecular flexibility index (Phi) is 3.61. The molecule has 0 aliphatic rings. The van der Waals surface area contributed by atoms with Crippen LogP contribution in [0.4, 0.5) is 0 Å². The average Bonchev–Trinajstić information content (AvgIpc) is 3.00. The van der Waals surface area contributed by atoms with E-state index in [0.29, 0.717) is 9.94 Å². The third kappa shape index (κ3) is 2.41. The van der Waals surface area contributed by atoms with Gasteiger partial charge < -0.3 is 9.84 Å². The monoisotopic (exact) mass is 268 g/mol. The van der Waals surface area contributed by atoms with Gasteiger partial charge >= 0.3 is 5.97 Å². The second-order valence-electron chi connectivity index (χ2n) is 3.51. The van der Waals surface area contributed by atoms with Crippen LogP contribution in [0.2, 0.25) is 0 Å². The van der Waals surface area contributed by atoms with E-state index in [4.69, 9.17) is 4.74 Å². The summed E-state index contributed by atoms with van der Waals surface area (Å²) < 4.78 is 5.17. The van der Waals surface area contributed by atoms with Crippen LogP contribution in [0.5, 0.6) is 5.06 Å². The lowest BCUT2D eigenvalue weighted by Gasteiger charge is -2.22. The number of esters is 1. The highest BCUT2D eigenvalue weighted by Gasteiger charge is 2.39. The first kappa shape index (κ1) is 12.3. The lowest BCUT2D eigenvalue weighted by Crippen LogP contribution is -2.37. The van der Waals surface area contributed by atoms with E-state index in [1.54, 1.807) is 31.2 Å². The molecule has 0 saturated carbocycles. The van der Waals surface area contributed by atoms with Crippen LogP contribution in [-0.4, -0.2) is 11.1 Å². The SMILES string of the molecule is CCC(O)(C(=O)Oc1cccs1)c1cccs1. The van der Waals surface area contributed by atoms with Crippen LogP contribution in [0.3, 0.4) is 0 Å². The summed E-state index contributed by atoms with van der Waals surface area (Å²) in [4.78, 5) is 12.6. The van der Waals surface area contributed by atoms with Gasteiger partial charge in [0.25, 0.3) is 0 Å². The Hall–Kier alpha value is -1.17. The first-order chi connectivity index (χ1) is 8.16. The minimum absolute atomic E-state index is 0.289. The van der Waals surface area contributed by atoms with E-state index in [2.05, 4.69) is 0 Å². The minimum Gasteiger partial charge on any atom is -0.413 e. The fourth-order valence-electron chi connectivity index (χ4n) is 1.43. The summed E-state index contributed by atoms with van der Waals surface area (Å²) in [5.41, 5.74) is -1.54.